The number of anilines is 2. The SMILES string of the molecule is Nc1c(Cl)ncnc1NCCc1ccc([N+](=O)[O-])cc1. The van der Waals surface area contributed by atoms with Crippen LogP contribution in [-0.4, -0.2) is 21.4 Å². The zero-order valence-electron chi connectivity index (χ0n) is 10.4. The lowest BCUT2D eigenvalue weighted by Gasteiger charge is -2.08. The monoisotopic (exact) mass is 293 g/mol. The lowest BCUT2D eigenvalue weighted by atomic mass is 10.1. The number of nitrogens with two attached hydrogens (primary N) is 1. The molecule has 20 heavy (non-hydrogen) atoms. The normalized spacial score (nSPS) is 10.2. The van der Waals surface area contributed by atoms with Gasteiger partial charge in [0.1, 0.15) is 12.0 Å². The van der Waals surface area contributed by atoms with Crippen LogP contribution in [0.4, 0.5) is 17.2 Å². The molecule has 7 nitrogen and oxygen atoms in total. The van der Waals surface area contributed by atoms with Gasteiger partial charge in [0.05, 0.1) is 4.92 Å². The molecule has 0 fully saturated rings. The van der Waals surface area contributed by atoms with Gasteiger partial charge in [0.25, 0.3) is 5.69 Å². The summed E-state index contributed by atoms with van der Waals surface area (Å²) in [6.45, 7) is 0.579. The lowest BCUT2D eigenvalue weighted by molar-refractivity contribution is -0.384. The second-order valence-electron chi connectivity index (χ2n) is 4.03. The molecule has 0 aliphatic heterocycles. The number of nitrogens with zero attached hydrogens (tertiary/aromatic N) is 3. The highest BCUT2D eigenvalue weighted by Crippen LogP contribution is 2.21. The minimum Gasteiger partial charge on any atom is -0.393 e. The van der Waals surface area contributed by atoms with E-state index in [-0.39, 0.29) is 10.8 Å². The highest BCUT2D eigenvalue weighted by atomic mass is 35.5. The van der Waals surface area contributed by atoms with Gasteiger partial charge in [-0.15, -0.1) is 0 Å². The van der Waals surface area contributed by atoms with Crippen LogP contribution >= 0.6 is 11.6 Å². The summed E-state index contributed by atoms with van der Waals surface area (Å²) in [4.78, 5) is 17.9. The number of nitrogen functional groups attached to an aromatic ring is 1. The Morgan fingerprint density at radius 3 is 2.65 bits per heavy atom. The second kappa shape index (κ2) is 6.16. The van der Waals surface area contributed by atoms with Crippen LogP contribution in [0.5, 0.6) is 0 Å². The van der Waals surface area contributed by atoms with Crippen LogP contribution < -0.4 is 11.1 Å². The summed E-state index contributed by atoms with van der Waals surface area (Å²) in [6, 6.07) is 6.39. The van der Waals surface area contributed by atoms with Crippen LogP contribution in [0, 0.1) is 10.1 Å². The Kier molecular flexibility index (Phi) is 4.31. The van der Waals surface area contributed by atoms with Gasteiger partial charge in [0.15, 0.2) is 11.0 Å². The number of benzene rings is 1. The zero-order chi connectivity index (χ0) is 14.5. The molecule has 0 spiro atoms. The maximum absolute atomic E-state index is 10.5. The van der Waals surface area contributed by atoms with Gasteiger partial charge in [0, 0.05) is 18.7 Å². The Balaban J connectivity index is 1.92. The van der Waals surface area contributed by atoms with E-state index in [2.05, 4.69) is 15.3 Å². The fraction of sp³-hybridized carbons (Fsp3) is 0.167. The Morgan fingerprint density at radius 1 is 1.30 bits per heavy atom. The van der Waals surface area contributed by atoms with Crippen molar-refractivity contribution < 1.29 is 4.92 Å². The number of hydrogen-bond acceptors (Lipinski definition) is 6. The van der Waals surface area contributed by atoms with Crippen LogP contribution in [0.3, 0.4) is 0 Å². The van der Waals surface area contributed by atoms with Gasteiger partial charge in [-0.05, 0) is 12.0 Å². The van der Waals surface area contributed by atoms with E-state index >= 15 is 0 Å². The number of nitro groups is 1. The first-order valence-corrected chi connectivity index (χ1v) is 6.19. The molecule has 0 bridgehead atoms. The topological polar surface area (TPSA) is 107 Å². The number of aromatic nitrogens is 2. The Labute approximate surface area is 120 Å². The predicted octanol–water partition coefficient (Wildman–Crippen LogP) is 2.28. The maximum atomic E-state index is 10.5. The third-order valence-corrected chi connectivity index (χ3v) is 2.99. The summed E-state index contributed by atoms with van der Waals surface area (Å²) in [5, 5.41) is 13.8. The second-order valence-corrected chi connectivity index (χ2v) is 4.39. The van der Waals surface area contributed by atoms with Gasteiger partial charge in [-0.25, -0.2) is 9.97 Å². The number of halogens is 1. The van der Waals surface area contributed by atoms with Crippen molar-refractivity contribution in [3.8, 4) is 0 Å². The fourth-order valence-electron chi connectivity index (χ4n) is 1.62. The minimum atomic E-state index is -0.425. The summed E-state index contributed by atoms with van der Waals surface area (Å²) in [5.74, 6) is 0.479. The Bertz CT molecular complexity index is 618. The molecule has 0 aliphatic carbocycles. The van der Waals surface area contributed by atoms with Gasteiger partial charge in [0.2, 0.25) is 0 Å². The summed E-state index contributed by atoms with van der Waals surface area (Å²) in [7, 11) is 0. The number of nitrogens with one attached hydrogen (secondary N) is 1. The van der Waals surface area contributed by atoms with Gasteiger partial charge in [-0.3, -0.25) is 10.1 Å². The molecule has 2 rings (SSSR count). The summed E-state index contributed by atoms with van der Waals surface area (Å²) in [5.41, 5.74) is 7.08. The Morgan fingerprint density at radius 2 is 2.00 bits per heavy atom. The predicted molar refractivity (Wildman–Crippen MR) is 76.7 cm³/mol. The van der Waals surface area contributed by atoms with Crippen molar-refractivity contribution in [2.75, 3.05) is 17.6 Å². The molecule has 3 N–H and O–H groups in total. The molecule has 0 unspecified atom stereocenters. The van der Waals surface area contributed by atoms with E-state index in [1.54, 1.807) is 12.1 Å². The average molecular weight is 294 g/mol. The molecule has 0 aliphatic rings. The van der Waals surface area contributed by atoms with Crippen molar-refractivity contribution >= 4 is 28.8 Å². The first-order chi connectivity index (χ1) is 9.58. The number of nitro benzene ring substituents is 1. The van der Waals surface area contributed by atoms with Crippen molar-refractivity contribution in [3.05, 3.63) is 51.4 Å². The highest BCUT2D eigenvalue weighted by Gasteiger charge is 2.06. The van der Waals surface area contributed by atoms with E-state index in [9.17, 15) is 10.1 Å². The van der Waals surface area contributed by atoms with E-state index in [0.717, 1.165) is 5.56 Å². The first kappa shape index (κ1) is 14.0. The standard InChI is InChI=1S/C12H12ClN5O2/c13-11-10(14)12(17-7-16-11)15-6-5-8-1-3-9(4-2-8)18(19)20/h1-4,7H,5-6,14H2,(H,15,16,17). The summed E-state index contributed by atoms with van der Waals surface area (Å²) < 4.78 is 0. The zero-order valence-corrected chi connectivity index (χ0v) is 11.2. The fourth-order valence-corrected chi connectivity index (χ4v) is 1.76. The molecule has 104 valence electrons. The van der Waals surface area contributed by atoms with E-state index < -0.39 is 4.92 Å². The minimum absolute atomic E-state index is 0.0773. The van der Waals surface area contributed by atoms with E-state index in [4.69, 9.17) is 17.3 Å². The third kappa shape index (κ3) is 3.33. The van der Waals surface area contributed by atoms with Gasteiger partial charge in [-0.1, -0.05) is 23.7 Å². The largest absolute Gasteiger partial charge is 0.393 e. The molecule has 1 aromatic heterocycles. The van der Waals surface area contributed by atoms with Crippen LogP contribution in [-0.2, 0) is 6.42 Å². The molecule has 0 saturated heterocycles. The average Bonchev–Trinajstić information content (AvgIpc) is 2.44. The number of hydrogen-bond donors (Lipinski definition) is 2. The molecule has 0 atom stereocenters. The van der Waals surface area contributed by atoms with Gasteiger partial charge >= 0.3 is 0 Å². The van der Waals surface area contributed by atoms with E-state index in [1.165, 1.54) is 18.5 Å². The molecular formula is C12H12ClN5O2. The van der Waals surface area contributed by atoms with Gasteiger partial charge in [-0.2, -0.15) is 0 Å². The third-order valence-electron chi connectivity index (χ3n) is 2.69. The molecule has 0 amide bonds. The number of non-ortho nitro benzene ring substituents is 1. The van der Waals surface area contributed by atoms with E-state index in [1.807, 2.05) is 0 Å². The molecule has 1 aromatic carbocycles. The van der Waals surface area contributed by atoms with Crippen LogP contribution in [0.1, 0.15) is 5.56 Å². The van der Waals surface area contributed by atoms with Crippen LogP contribution in [0.15, 0.2) is 30.6 Å². The van der Waals surface area contributed by atoms with Crippen molar-refractivity contribution in [3.63, 3.8) is 0 Å². The molecular weight excluding hydrogens is 282 g/mol. The number of rotatable bonds is 5. The molecule has 1 heterocycles. The molecule has 0 radical (unpaired) electrons. The first-order valence-electron chi connectivity index (χ1n) is 5.81. The lowest BCUT2D eigenvalue weighted by Crippen LogP contribution is -2.09. The van der Waals surface area contributed by atoms with Crippen molar-refractivity contribution in [2.45, 2.75) is 6.42 Å². The quantitative estimate of drug-likeness (QED) is 0.497. The maximum Gasteiger partial charge on any atom is 0.269 e. The molecule has 8 heteroatoms. The summed E-state index contributed by atoms with van der Waals surface area (Å²) in [6.07, 6.45) is 2.01. The van der Waals surface area contributed by atoms with Gasteiger partial charge < -0.3 is 11.1 Å². The molecule has 2 aromatic rings. The molecule has 0 saturated carbocycles. The van der Waals surface area contributed by atoms with Crippen molar-refractivity contribution in [2.24, 2.45) is 0 Å². The van der Waals surface area contributed by atoms with Crippen LogP contribution in [0.2, 0.25) is 5.15 Å². The van der Waals surface area contributed by atoms with E-state index in [0.29, 0.717) is 24.5 Å². The smallest absolute Gasteiger partial charge is 0.269 e. The van der Waals surface area contributed by atoms with Crippen LogP contribution in [0.25, 0.3) is 0 Å². The van der Waals surface area contributed by atoms with Crippen molar-refractivity contribution in [1.82, 2.24) is 9.97 Å². The Hall–Kier alpha value is -2.41. The highest BCUT2D eigenvalue weighted by molar-refractivity contribution is 6.32. The summed E-state index contributed by atoms with van der Waals surface area (Å²) >= 11 is 5.78. The van der Waals surface area contributed by atoms with Crippen molar-refractivity contribution in [1.29, 1.82) is 0 Å².